The Morgan fingerprint density at radius 1 is 1.62 bits per heavy atom. The third kappa shape index (κ3) is 2.35. The van der Waals surface area contributed by atoms with E-state index in [1.54, 1.807) is 0 Å². The number of carbonyl (C=O) groups is 1. The van der Waals surface area contributed by atoms with E-state index in [0.717, 1.165) is 0 Å². The van der Waals surface area contributed by atoms with E-state index in [0.29, 0.717) is 6.42 Å². The molecule has 1 atom stereocenters. The van der Waals surface area contributed by atoms with Crippen molar-refractivity contribution >= 4 is 27.3 Å². The Morgan fingerprint density at radius 2 is 2.38 bits per heavy atom. The number of aromatic nitrogens is 2. The zero-order valence-electron chi connectivity index (χ0n) is 8.23. The van der Waals surface area contributed by atoms with Crippen LogP contribution >= 0.6 is 11.6 Å². The second-order valence-electron chi connectivity index (χ2n) is 3.67. The number of hydrogen-bond donors (Lipinski definition) is 2. The predicted molar refractivity (Wildman–Crippen MR) is 58.1 cm³/mol. The number of nitrogens with zero attached hydrogens (tertiary/aromatic N) is 1. The van der Waals surface area contributed by atoms with E-state index in [4.69, 9.17) is 11.6 Å². The molecule has 1 aliphatic rings. The predicted octanol–water partition coefficient (Wildman–Crippen LogP) is -0.0200. The third-order valence-electron chi connectivity index (χ3n) is 2.39. The van der Waals surface area contributed by atoms with Gasteiger partial charge in [-0.15, -0.1) is 0 Å². The second-order valence-corrected chi connectivity index (χ2v) is 6.30. The monoisotopic (exact) mass is 263 g/mol. The minimum Gasteiger partial charge on any atom is -0.347 e. The van der Waals surface area contributed by atoms with Gasteiger partial charge < -0.3 is 5.32 Å². The lowest BCUT2D eigenvalue weighted by atomic mass is 10.2. The average Bonchev–Trinajstić information content (AvgIpc) is 2.72. The molecule has 8 heteroatoms. The van der Waals surface area contributed by atoms with Gasteiger partial charge in [-0.25, -0.2) is 8.42 Å². The highest BCUT2D eigenvalue weighted by Gasteiger charge is 2.29. The molecule has 0 spiro atoms. The van der Waals surface area contributed by atoms with Crippen molar-refractivity contribution in [2.45, 2.75) is 12.5 Å². The van der Waals surface area contributed by atoms with Crippen LogP contribution in [0, 0.1) is 0 Å². The SMILES string of the molecule is O=C(N[C@@H]1CCS(=O)(=O)C1)c1[nH]ncc1Cl. The van der Waals surface area contributed by atoms with Crippen LogP contribution in [0.25, 0.3) is 0 Å². The molecule has 2 heterocycles. The first-order valence-corrected chi connectivity index (χ1v) is 6.88. The van der Waals surface area contributed by atoms with Crippen LogP contribution in [0.3, 0.4) is 0 Å². The molecule has 1 saturated heterocycles. The highest BCUT2D eigenvalue weighted by molar-refractivity contribution is 7.91. The molecule has 88 valence electrons. The van der Waals surface area contributed by atoms with Crippen molar-refractivity contribution in [2.24, 2.45) is 0 Å². The fraction of sp³-hybridized carbons (Fsp3) is 0.500. The summed E-state index contributed by atoms with van der Waals surface area (Å²) in [6.07, 6.45) is 1.77. The summed E-state index contributed by atoms with van der Waals surface area (Å²) in [4.78, 5) is 11.6. The molecule has 6 nitrogen and oxygen atoms in total. The Bertz CT molecular complexity index is 510. The summed E-state index contributed by atoms with van der Waals surface area (Å²) in [5, 5.41) is 8.89. The lowest BCUT2D eigenvalue weighted by molar-refractivity contribution is 0.0936. The number of H-pyrrole nitrogens is 1. The molecule has 0 unspecified atom stereocenters. The zero-order valence-corrected chi connectivity index (χ0v) is 9.81. The molecule has 1 amide bonds. The lowest BCUT2D eigenvalue weighted by Gasteiger charge is -2.09. The Kier molecular flexibility index (Phi) is 2.90. The molecule has 1 aromatic rings. The van der Waals surface area contributed by atoms with Gasteiger partial charge in [0.1, 0.15) is 5.69 Å². The van der Waals surface area contributed by atoms with Gasteiger partial charge in [0.05, 0.1) is 22.7 Å². The van der Waals surface area contributed by atoms with Gasteiger partial charge in [0.15, 0.2) is 9.84 Å². The van der Waals surface area contributed by atoms with Crippen LogP contribution in [0.5, 0.6) is 0 Å². The fourth-order valence-electron chi connectivity index (χ4n) is 1.60. The van der Waals surface area contributed by atoms with Gasteiger partial charge in [-0.05, 0) is 6.42 Å². The van der Waals surface area contributed by atoms with E-state index in [2.05, 4.69) is 15.5 Å². The van der Waals surface area contributed by atoms with E-state index >= 15 is 0 Å². The number of rotatable bonds is 2. The van der Waals surface area contributed by atoms with E-state index < -0.39 is 15.7 Å². The Hall–Kier alpha value is -1.08. The van der Waals surface area contributed by atoms with E-state index in [9.17, 15) is 13.2 Å². The maximum Gasteiger partial charge on any atom is 0.271 e. The van der Waals surface area contributed by atoms with Crippen LogP contribution < -0.4 is 5.32 Å². The van der Waals surface area contributed by atoms with Crippen LogP contribution in [0.1, 0.15) is 16.9 Å². The summed E-state index contributed by atoms with van der Waals surface area (Å²) in [7, 11) is -2.99. The average molecular weight is 264 g/mol. The summed E-state index contributed by atoms with van der Waals surface area (Å²) >= 11 is 5.70. The molecule has 0 saturated carbocycles. The third-order valence-corrected chi connectivity index (χ3v) is 4.44. The number of aromatic amines is 1. The van der Waals surface area contributed by atoms with Crippen LogP contribution in [-0.4, -0.2) is 42.1 Å². The largest absolute Gasteiger partial charge is 0.347 e. The van der Waals surface area contributed by atoms with Gasteiger partial charge in [0, 0.05) is 6.04 Å². The van der Waals surface area contributed by atoms with E-state index in [1.807, 2.05) is 0 Å². The molecule has 2 N–H and O–H groups in total. The van der Waals surface area contributed by atoms with Gasteiger partial charge in [0.25, 0.3) is 5.91 Å². The van der Waals surface area contributed by atoms with Crippen molar-refractivity contribution < 1.29 is 13.2 Å². The summed E-state index contributed by atoms with van der Waals surface area (Å²) in [5.74, 6) is -0.316. The maximum atomic E-state index is 11.6. The summed E-state index contributed by atoms with van der Waals surface area (Å²) in [5.41, 5.74) is 0.158. The van der Waals surface area contributed by atoms with Crippen molar-refractivity contribution in [1.82, 2.24) is 15.5 Å². The Morgan fingerprint density at radius 3 is 2.88 bits per heavy atom. The van der Waals surface area contributed by atoms with Crippen LogP contribution in [0.2, 0.25) is 5.02 Å². The molecule has 0 aromatic carbocycles. The van der Waals surface area contributed by atoms with Crippen LogP contribution in [0.15, 0.2) is 6.20 Å². The van der Waals surface area contributed by atoms with Crippen molar-refractivity contribution in [3.8, 4) is 0 Å². The molecule has 16 heavy (non-hydrogen) atoms. The zero-order chi connectivity index (χ0) is 11.8. The van der Waals surface area contributed by atoms with Gasteiger partial charge in [-0.3, -0.25) is 9.89 Å². The topological polar surface area (TPSA) is 91.9 Å². The highest BCUT2D eigenvalue weighted by Crippen LogP contribution is 2.14. The molecule has 1 aliphatic heterocycles. The van der Waals surface area contributed by atoms with Crippen molar-refractivity contribution in [2.75, 3.05) is 11.5 Å². The molecule has 0 radical (unpaired) electrons. The smallest absolute Gasteiger partial charge is 0.271 e. The lowest BCUT2D eigenvalue weighted by Crippen LogP contribution is -2.35. The number of halogens is 1. The number of sulfone groups is 1. The summed E-state index contributed by atoms with van der Waals surface area (Å²) in [6, 6.07) is -0.336. The van der Waals surface area contributed by atoms with Gasteiger partial charge in [-0.2, -0.15) is 5.10 Å². The first-order chi connectivity index (χ1) is 7.48. The molecular formula is C8H10ClN3O3S. The summed E-state index contributed by atoms with van der Waals surface area (Å²) in [6.45, 7) is 0. The minimum absolute atomic E-state index is 0.00943. The van der Waals surface area contributed by atoms with Gasteiger partial charge in [-0.1, -0.05) is 11.6 Å². The fourth-order valence-corrected chi connectivity index (χ4v) is 3.45. The standard InChI is InChI=1S/C8H10ClN3O3S/c9-6-3-10-12-7(6)8(13)11-5-1-2-16(14,15)4-5/h3,5H,1-2,4H2,(H,10,12)(H,11,13)/t5-/m1/s1. The van der Waals surface area contributed by atoms with Crippen molar-refractivity contribution in [3.05, 3.63) is 16.9 Å². The van der Waals surface area contributed by atoms with E-state index in [-0.39, 0.29) is 28.3 Å². The molecule has 2 rings (SSSR count). The maximum absolute atomic E-state index is 11.6. The van der Waals surface area contributed by atoms with Crippen LogP contribution in [0.4, 0.5) is 0 Å². The first kappa shape index (κ1) is 11.4. The molecule has 1 fully saturated rings. The molecule has 0 bridgehead atoms. The van der Waals surface area contributed by atoms with E-state index in [1.165, 1.54) is 6.20 Å². The van der Waals surface area contributed by atoms with Crippen molar-refractivity contribution in [3.63, 3.8) is 0 Å². The molecule has 0 aliphatic carbocycles. The molecule has 1 aromatic heterocycles. The van der Waals surface area contributed by atoms with Crippen molar-refractivity contribution in [1.29, 1.82) is 0 Å². The quantitative estimate of drug-likeness (QED) is 0.784. The summed E-state index contributed by atoms with van der Waals surface area (Å²) < 4.78 is 22.4. The number of amides is 1. The first-order valence-electron chi connectivity index (χ1n) is 4.68. The minimum atomic E-state index is -2.99. The van der Waals surface area contributed by atoms with Gasteiger partial charge >= 0.3 is 0 Å². The second kappa shape index (κ2) is 4.06. The number of nitrogens with one attached hydrogen (secondary N) is 2. The molecular weight excluding hydrogens is 254 g/mol. The number of hydrogen-bond acceptors (Lipinski definition) is 4. The Balaban J connectivity index is 2.02. The highest BCUT2D eigenvalue weighted by atomic mass is 35.5. The van der Waals surface area contributed by atoms with Crippen LogP contribution in [-0.2, 0) is 9.84 Å². The van der Waals surface area contributed by atoms with Gasteiger partial charge in [0.2, 0.25) is 0 Å². The normalized spacial score (nSPS) is 23.2. The number of carbonyl (C=O) groups excluding carboxylic acids is 1. The Labute approximate surface area is 97.3 Å².